The van der Waals surface area contributed by atoms with E-state index in [4.69, 9.17) is 0 Å². The average molecular weight is 297 g/mol. The van der Waals surface area contributed by atoms with Crippen molar-refractivity contribution in [3.8, 4) is 0 Å². The summed E-state index contributed by atoms with van der Waals surface area (Å²) in [4.78, 5) is 10.4. The minimum Gasteiger partial charge on any atom is -0.311 e. The standard InChI is InChI=1S/C12H13BrN2O2/c13-11-6-3-9(8-12(11)15(16)17)2-1-7-14-10-4-5-10/h1-3,6,8,10,14H,4-5,7H2. The van der Waals surface area contributed by atoms with Crippen molar-refractivity contribution >= 4 is 27.7 Å². The third kappa shape index (κ3) is 3.64. The summed E-state index contributed by atoms with van der Waals surface area (Å²) < 4.78 is 0.510. The first-order valence-electron chi connectivity index (χ1n) is 5.50. The first-order valence-corrected chi connectivity index (χ1v) is 6.30. The van der Waals surface area contributed by atoms with Gasteiger partial charge in [0.25, 0.3) is 5.69 Å². The van der Waals surface area contributed by atoms with Gasteiger partial charge in [-0.3, -0.25) is 10.1 Å². The van der Waals surface area contributed by atoms with Gasteiger partial charge < -0.3 is 5.32 Å². The second-order valence-electron chi connectivity index (χ2n) is 4.05. The molecule has 0 spiro atoms. The molecule has 1 fully saturated rings. The Labute approximate surface area is 108 Å². The van der Waals surface area contributed by atoms with Crippen LogP contribution in [0.4, 0.5) is 5.69 Å². The molecule has 0 unspecified atom stereocenters. The van der Waals surface area contributed by atoms with E-state index in [1.807, 2.05) is 18.2 Å². The zero-order valence-electron chi connectivity index (χ0n) is 9.23. The van der Waals surface area contributed by atoms with E-state index in [2.05, 4.69) is 21.2 Å². The molecule has 1 N–H and O–H groups in total. The Morgan fingerprint density at radius 2 is 2.29 bits per heavy atom. The second-order valence-corrected chi connectivity index (χ2v) is 4.91. The first-order chi connectivity index (χ1) is 8.16. The molecule has 0 heterocycles. The second kappa shape index (κ2) is 5.42. The lowest BCUT2D eigenvalue weighted by atomic mass is 10.2. The highest BCUT2D eigenvalue weighted by Crippen LogP contribution is 2.26. The van der Waals surface area contributed by atoms with Gasteiger partial charge in [0.05, 0.1) is 9.40 Å². The number of benzene rings is 1. The third-order valence-corrected chi connectivity index (χ3v) is 3.25. The van der Waals surface area contributed by atoms with Crippen LogP contribution in [0.3, 0.4) is 0 Å². The van der Waals surface area contributed by atoms with Crippen LogP contribution >= 0.6 is 15.9 Å². The Morgan fingerprint density at radius 1 is 1.53 bits per heavy atom. The number of halogens is 1. The Hall–Kier alpha value is -1.20. The van der Waals surface area contributed by atoms with Gasteiger partial charge in [-0.2, -0.15) is 0 Å². The van der Waals surface area contributed by atoms with Crippen LogP contribution in [0.1, 0.15) is 18.4 Å². The molecule has 1 saturated carbocycles. The number of nitro benzene ring substituents is 1. The van der Waals surface area contributed by atoms with Gasteiger partial charge in [-0.15, -0.1) is 0 Å². The molecule has 2 rings (SSSR count). The molecule has 90 valence electrons. The van der Waals surface area contributed by atoms with Crippen LogP contribution in [-0.2, 0) is 0 Å². The van der Waals surface area contributed by atoms with E-state index in [0.29, 0.717) is 10.5 Å². The molecule has 5 heteroatoms. The summed E-state index contributed by atoms with van der Waals surface area (Å²) in [5, 5.41) is 14.1. The van der Waals surface area contributed by atoms with Crippen molar-refractivity contribution in [3.63, 3.8) is 0 Å². The summed E-state index contributed by atoms with van der Waals surface area (Å²) in [5.41, 5.74) is 0.944. The van der Waals surface area contributed by atoms with Gasteiger partial charge in [-0.05, 0) is 40.4 Å². The molecule has 0 radical (unpaired) electrons. The summed E-state index contributed by atoms with van der Waals surface area (Å²) in [6.45, 7) is 0.814. The maximum absolute atomic E-state index is 10.7. The van der Waals surface area contributed by atoms with Gasteiger partial charge in [0.1, 0.15) is 0 Å². The van der Waals surface area contributed by atoms with Crippen LogP contribution in [0, 0.1) is 10.1 Å². The average Bonchev–Trinajstić information content (AvgIpc) is 3.10. The molecule has 1 aromatic rings. The van der Waals surface area contributed by atoms with E-state index in [1.54, 1.807) is 12.1 Å². The monoisotopic (exact) mass is 296 g/mol. The molecule has 1 aliphatic carbocycles. The molecule has 0 aliphatic heterocycles. The minimum absolute atomic E-state index is 0.0994. The van der Waals surface area contributed by atoms with Crippen LogP contribution in [0.15, 0.2) is 28.7 Å². The molecule has 4 nitrogen and oxygen atoms in total. The Morgan fingerprint density at radius 3 is 2.94 bits per heavy atom. The fraction of sp³-hybridized carbons (Fsp3) is 0.333. The van der Waals surface area contributed by atoms with Gasteiger partial charge in [0.2, 0.25) is 0 Å². The molecular weight excluding hydrogens is 284 g/mol. The molecule has 0 bridgehead atoms. The van der Waals surface area contributed by atoms with E-state index >= 15 is 0 Å². The van der Waals surface area contributed by atoms with E-state index in [-0.39, 0.29) is 10.6 Å². The van der Waals surface area contributed by atoms with Crippen molar-refractivity contribution in [2.45, 2.75) is 18.9 Å². The van der Waals surface area contributed by atoms with Crippen LogP contribution in [0.5, 0.6) is 0 Å². The summed E-state index contributed by atoms with van der Waals surface area (Å²) >= 11 is 3.16. The fourth-order valence-corrected chi connectivity index (χ4v) is 1.88. The maximum Gasteiger partial charge on any atom is 0.284 e. The highest BCUT2D eigenvalue weighted by molar-refractivity contribution is 9.10. The SMILES string of the molecule is O=[N+]([O-])c1cc(C=CCNC2CC2)ccc1Br. The molecule has 0 atom stereocenters. The quantitative estimate of drug-likeness (QED) is 0.671. The normalized spacial score (nSPS) is 15.4. The van der Waals surface area contributed by atoms with E-state index in [1.165, 1.54) is 12.8 Å². The zero-order valence-corrected chi connectivity index (χ0v) is 10.8. The molecular formula is C12H13BrN2O2. The van der Waals surface area contributed by atoms with Crippen molar-refractivity contribution in [2.24, 2.45) is 0 Å². The van der Waals surface area contributed by atoms with Crippen molar-refractivity contribution < 1.29 is 4.92 Å². The summed E-state index contributed by atoms with van der Waals surface area (Å²) in [7, 11) is 0. The lowest BCUT2D eigenvalue weighted by Crippen LogP contribution is -2.15. The van der Waals surface area contributed by atoms with Crippen LogP contribution in [-0.4, -0.2) is 17.5 Å². The Bertz CT molecular complexity index is 456. The van der Waals surface area contributed by atoms with Gasteiger partial charge in [0, 0.05) is 18.7 Å². The number of nitro groups is 1. The van der Waals surface area contributed by atoms with Crippen LogP contribution < -0.4 is 5.32 Å². The highest BCUT2D eigenvalue weighted by atomic mass is 79.9. The molecule has 1 aliphatic rings. The van der Waals surface area contributed by atoms with Crippen LogP contribution in [0.2, 0.25) is 0 Å². The molecule has 0 saturated heterocycles. The number of hydrogen-bond acceptors (Lipinski definition) is 3. The predicted octanol–water partition coefficient (Wildman–Crippen LogP) is 3.12. The van der Waals surface area contributed by atoms with Crippen LogP contribution in [0.25, 0.3) is 6.08 Å². The van der Waals surface area contributed by atoms with E-state index < -0.39 is 0 Å². The topological polar surface area (TPSA) is 55.2 Å². The van der Waals surface area contributed by atoms with Gasteiger partial charge in [-0.25, -0.2) is 0 Å². The smallest absolute Gasteiger partial charge is 0.284 e. The fourth-order valence-electron chi connectivity index (χ4n) is 1.49. The summed E-state index contributed by atoms with van der Waals surface area (Å²) in [6.07, 6.45) is 6.41. The number of hydrogen-bond donors (Lipinski definition) is 1. The highest BCUT2D eigenvalue weighted by Gasteiger charge is 2.18. The number of rotatable bonds is 5. The predicted molar refractivity (Wildman–Crippen MR) is 70.9 cm³/mol. The Balaban J connectivity index is 1.99. The number of nitrogens with one attached hydrogen (secondary N) is 1. The van der Waals surface area contributed by atoms with Crippen molar-refractivity contribution in [1.29, 1.82) is 0 Å². The zero-order chi connectivity index (χ0) is 12.3. The van der Waals surface area contributed by atoms with Gasteiger partial charge >= 0.3 is 0 Å². The van der Waals surface area contributed by atoms with Crippen molar-refractivity contribution in [1.82, 2.24) is 5.32 Å². The third-order valence-electron chi connectivity index (χ3n) is 2.58. The van der Waals surface area contributed by atoms with Gasteiger partial charge in [-0.1, -0.05) is 18.2 Å². The lowest BCUT2D eigenvalue weighted by molar-refractivity contribution is -0.385. The molecule has 0 aromatic heterocycles. The molecule has 0 amide bonds. The van der Waals surface area contributed by atoms with Crippen molar-refractivity contribution in [2.75, 3.05) is 6.54 Å². The Kier molecular flexibility index (Phi) is 3.91. The first kappa shape index (κ1) is 12.3. The summed E-state index contributed by atoms with van der Waals surface area (Å²) in [5.74, 6) is 0. The summed E-state index contributed by atoms with van der Waals surface area (Å²) in [6, 6.07) is 5.80. The maximum atomic E-state index is 10.7. The van der Waals surface area contributed by atoms with Gasteiger partial charge in [0.15, 0.2) is 0 Å². The van der Waals surface area contributed by atoms with Crippen molar-refractivity contribution in [3.05, 3.63) is 44.4 Å². The number of nitrogens with zero attached hydrogens (tertiary/aromatic N) is 1. The van der Waals surface area contributed by atoms with E-state index in [0.717, 1.165) is 12.1 Å². The largest absolute Gasteiger partial charge is 0.311 e. The minimum atomic E-state index is -0.385. The molecule has 17 heavy (non-hydrogen) atoms. The lowest BCUT2D eigenvalue weighted by Gasteiger charge is -1.98. The molecule has 1 aromatic carbocycles. The van der Waals surface area contributed by atoms with E-state index in [9.17, 15) is 10.1 Å².